The Morgan fingerprint density at radius 2 is 2.12 bits per heavy atom. The van der Waals surface area contributed by atoms with E-state index in [0.29, 0.717) is 13.0 Å². The number of amides is 1. The Bertz CT molecular complexity index is 628. The number of ether oxygens (including phenoxy) is 2. The standard InChI is InChI=1S/C17H25NO6S/c19-17(24-13-14-5-2-1-3-6-14)18-16(8-10-25(20,21)22)11-15-7-4-9-23-12-15/h1-3,5-6,15-16H,4,7-13H2,(H,18,19)(H,20,21,22)/t15-,16-/m1/s1. The van der Waals surface area contributed by atoms with E-state index in [1.807, 2.05) is 30.3 Å². The quantitative estimate of drug-likeness (QED) is 0.680. The van der Waals surface area contributed by atoms with Crippen LogP contribution in [0.25, 0.3) is 0 Å². The van der Waals surface area contributed by atoms with Gasteiger partial charge in [-0.3, -0.25) is 4.55 Å². The van der Waals surface area contributed by atoms with Gasteiger partial charge in [0.2, 0.25) is 0 Å². The molecule has 0 spiro atoms. The maximum Gasteiger partial charge on any atom is 0.407 e. The van der Waals surface area contributed by atoms with E-state index in [0.717, 1.165) is 25.0 Å². The monoisotopic (exact) mass is 371 g/mol. The van der Waals surface area contributed by atoms with Crippen LogP contribution >= 0.6 is 0 Å². The van der Waals surface area contributed by atoms with Crippen molar-refractivity contribution in [2.45, 2.75) is 38.3 Å². The van der Waals surface area contributed by atoms with Crippen LogP contribution in [0.3, 0.4) is 0 Å². The molecule has 1 heterocycles. The van der Waals surface area contributed by atoms with Crippen LogP contribution in [0.1, 0.15) is 31.2 Å². The molecule has 140 valence electrons. The lowest BCUT2D eigenvalue weighted by atomic mass is 9.93. The Balaban J connectivity index is 1.85. The minimum Gasteiger partial charge on any atom is -0.445 e. The molecule has 1 aromatic carbocycles. The predicted octanol–water partition coefficient (Wildman–Crippen LogP) is 2.38. The van der Waals surface area contributed by atoms with E-state index < -0.39 is 28.0 Å². The van der Waals surface area contributed by atoms with Gasteiger partial charge in [0.05, 0.1) is 5.75 Å². The van der Waals surface area contributed by atoms with Gasteiger partial charge in [-0.1, -0.05) is 30.3 Å². The van der Waals surface area contributed by atoms with Gasteiger partial charge in [0.15, 0.2) is 0 Å². The molecule has 1 aliphatic rings. The molecule has 2 atom stereocenters. The maximum absolute atomic E-state index is 12.0. The van der Waals surface area contributed by atoms with Gasteiger partial charge in [0.25, 0.3) is 10.1 Å². The van der Waals surface area contributed by atoms with E-state index in [9.17, 15) is 13.2 Å². The second kappa shape index (κ2) is 9.74. The fourth-order valence-electron chi connectivity index (χ4n) is 2.87. The van der Waals surface area contributed by atoms with Crippen LogP contribution in [0.5, 0.6) is 0 Å². The summed E-state index contributed by atoms with van der Waals surface area (Å²) in [6, 6.07) is 8.90. The maximum atomic E-state index is 12.0. The fraction of sp³-hybridized carbons (Fsp3) is 0.588. The van der Waals surface area contributed by atoms with Gasteiger partial charge in [0, 0.05) is 19.3 Å². The van der Waals surface area contributed by atoms with E-state index in [4.69, 9.17) is 14.0 Å². The Morgan fingerprint density at radius 3 is 2.76 bits per heavy atom. The van der Waals surface area contributed by atoms with Crippen molar-refractivity contribution in [3.8, 4) is 0 Å². The van der Waals surface area contributed by atoms with Crippen molar-refractivity contribution in [2.24, 2.45) is 5.92 Å². The summed E-state index contributed by atoms with van der Waals surface area (Å²) in [6.07, 6.45) is 2.06. The Labute approximate surface area is 148 Å². The molecule has 0 aliphatic carbocycles. The predicted molar refractivity (Wildman–Crippen MR) is 92.7 cm³/mol. The van der Waals surface area contributed by atoms with Gasteiger partial charge in [-0.2, -0.15) is 8.42 Å². The summed E-state index contributed by atoms with van der Waals surface area (Å²) < 4.78 is 41.6. The third kappa shape index (κ3) is 8.33. The lowest BCUT2D eigenvalue weighted by Gasteiger charge is -2.27. The molecular formula is C17H25NO6S. The van der Waals surface area contributed by atoms with Gasteiger partial charge in [-0.05, 0) is 37.2 Å². The number of rotatable bonds is 8. The Hall–Kier alpha value is -1.64. The first-order valence-electron chi connectivity index (χ1n) is 8.42. The Morgan fingerprint density at radius 1 is 1.36 bits per heavy atom. The summed E-state index contributed by atoms with van der Waals surface area (Å²) in [6.45, 7) is 1.48. The number of carbonyl (C=O) groups is 1. The van der Waals surface area contributed by atoms with E-state index in [2.05, 4.69) is 5.32 Å². The van der Waals surface area contributed by atoms with Crippen LogP contribution in [0.4, 0.5) is 4.79 Å². The largest absolute Gasteiger partial charge is 0.445 e. The summed E-state index contributed by atoms with van der Waals surface area (Å²) in [5.74, 6) is -0.140. The van der Waals surface area contributed by atoms with Crippen molar-refractivity contribution < 1.29 is 27.2 Å². The van der Waals surface area contributed by atoms with Gasteiger partial charge in [-0.15, -0.1) is 0 Å². The molecule has 1 saturated heterocycles. The highest BCUT2D eigenvalue weighted by molar-refractivity contribution is 7.85. The molecule has 0 radical (unpaired) electrons. The molecule has 0 aromatic heterocycles. The lowest BCUT2D eigenvalue weighted by Crippen LogP contribution is -2.39. The van der Waals surface area contributed by atoms with Crippen molar-refractivity contribution in [1.29, 1.82) is 0 Å². The second-order valence-corrected chi connectivity index (χ2v) is 7.87. The number of carbonyl (C=O) groups excluding carboxylic acids is 1. The first-order chi connectivity index (χ1) is 11.9. The minimum atomic E-state index is -4.07. The highest BCUT2D eigenvalue weighted by atomic mass is 32.2. The average molecular weight is 371 g/mol. The summed E-state index contributed by atoms with van der Waals surface area (Å²) in [5, 5.41) is 2.71. The van der Waals surface area contributed by atoms with Crippen molar-refractivity contribution >= 4 is 16.2 Å². The third-order valence-corrected chi connectivity index (χ3v) is 4.88. The van der Waals surface area contributed by atoms with Crippen molar-refractivity contribution in [3.05, 3.63) is 35.9 Å². The number of hydrogen-bond acceptors (Lipinski definition) is 5. The molecule has 0 saturated carbocycles. The zero-order valence-electron chi connectivity index (χ0n) is 14.1. The van der Waals surface area contributed by atoms with Crippen LogP contribution in [0.15, 0.2) is 30.3 Å². The summed E-state index contributed by atoms with van der Waals surface area (Å²) >= 11 is 0. The molecule has 1 aromatic rings. The molecule has 8 heteroatoms. The SMILES string of the molecule is O=C(N[C@H](CCS(=O)(=O)O)C[C@H]1CCCOC1)OCc1ccccc1. The molecule has 1 fully saturated rings. The first kappa shape index (κ1) is 19.7. The van der Waals surface area contributed by atoms with Gasteiger partial charge < -0.3 is 14.8 Å². The number of hydrogen-bond donors (Lipinski definition) is 2. The zero-order chi connectivity index (χ0) is 18.1. The van der Waals surface area contributed by atoms with Crippen molar-refractivity contribution in [2.75, 3.05) is 19.0 Å². The van der Waals surface area contributed by atoms with Crippen LogP contribution in [0.2, 0.25) is 0 Å². The van der Waals surface area contributed by atoms with E-state index in [-0.39, 0.29) is 18.9 Å². The normalized spacial score (nSPS) is 19.2. The van der Waals surface area contributed by atoms with E-state index >= 15 is 0 Å². The second-order valence-electron chi connectivity index (χ2n) is 6.30. The highest BCUT2D eigenvalue weighted by Crippen LogP contribution is 2.20. The molecular weight excluding hydrogens is 346 g/mol. The molecule has 0 unspecified atom stereocenters. The van der Waals surface area contributed by atoms with Crippen molar-refractivity contribution in [3.63, 3.8) is 0 Å². The van der Waals surface area contributed by atoms with E-state index in [1.54, 1.807) is 0 Å². The first-order valence-corrected chi connectivity index (χ1v) is 10.0. The minimum absolute atomic E-state index is 0.135. The third-order valence-electron chi connectivity index (χ3n) is 4.13. The molecule has 0 bridgehead atoms. The Kier molecular flexibility index (Phi) is 7.67. The molecule has 1 aliphatic heterocycles. The molecule has 2 N–H and O–H groups in total. The fourth-order valence-corrected chi connectivity index (χ4v) is 3.45. The zero-order valence-corrected chi connectivity index (χ0v) is 14.9. The number of benzene rings is 1. The number of nitrogens with one attached hydrogen (secondary N) is 1. The van der Waals surface area contributed by atoms with E-state index in [1.165, 1.54) is 0 Å². The lowest BCUT2D eigenvalue weighted by molar-refractivity contribution is 0.0467. The molecule has 1 amide bonds. The molecule has 2 rings (SSSR count). The van der Waals surface area contributed by atoms with Gasteiger partial charge >= 0.3 is 6.09 Å². The summed E-state index contributed by atoms with van der Waals surface area (Å²) in [4.78, 5) is 12.0. The highest BCUT2D eigenvalue weighted by Gasteiger charge is 2.23. The molecule has 7 nitrogen and oxygen atoms in total. The van der Waals surface area contributed by atoms with Gasteiger partial charge in [-0.25, -0.2) is 4.79 Å². The van der Waals surface area contributed by atoms with Crippen LogP contribution in [-0.4, -0.2) is 44.1 Å². The summed E-state index contributed by atoms with van der Waals surface area (Å²) in [5.41, 5.74) is 0.868. The van der Waals surface area contributed by atoms with Crippen molar-refractivity contribution in [1.82, 2.24) is 5.32 Å². The van der Waals surface area contributed by atoms with Crippen LogP contribution in [0, 0.1) is 5.92 Å². The topological polar surface area (TPSA) is 102 Å². The smallest absolute Gasteiger partial charge is 0.407 e. The summed E-state index contributed by atoms with van der Waals surface area (Å²) in [7, 11) is -4.07. The average Bonchev–Trinajstić information content (AvgIpc) is 2.59. The van der Waals surface area contributed by atoms with Crippen LogP contribution in [-0.2, 0) is 26.2 Å². The molecule has 25 heavy (non-hydrogen) atoms. The van der Waals surface area contributed by atoms with Crippen LogP contribution < -0.4 is 5.32 Å². The number of alkyl carbamates (subject to hydrolysis) is 1. The van der Waals surface area contributed by atoms with Gasteiger partial charge in [0.1, 0.15) is 6.61 Å².